The minimum atomic E-state index is -0.217. The van der Waals surface area contributed by atoms with Crippen LogP contribution in [0.15, 0.2) is 18.2 Å². The van der Waals surface area contributed by atoms with Crippen molar-refractivity contribution in [1.29, 1.82) is 0 Å². The molecular weight excluding hydrogens is 258 g/mol. The summed E-state index contributed by atoms with van der Waals surface area (Å²) in [5, 5.41) is 18.5. The van der Waals surface area contributed by atoms with Crippen molar-refractivity contribution in [2.24, 2.45) is 5.73 Å². The molecule has 0 radical (unpaired) electrons. The van der Waals surface area contributed by atoms with Crippen molar-refractivity contribution >= 4 is 17.0 Å². The Bertz CT molecular complexity index is 337. The van der Waals surface area contributed by atoms with Crippen LogP contribution in [0.5, 0.6) is 11.5 Å². The molecule has 1 unspecified atom stereocenters. The van der Waals surface area contributed by atoms with E-state index in [-0.39, 0.29) is 39.9 Å². The zero-order valence-electron chi connectivity index (χ0n) is 9.19. The molecule has 4 N–H and O–H groups in total. The normalized spacial score (nSPS) is 13.1. The summed E-state index contributed by atoms with van der Waals surface area (Å²) in [4.78, 5) is 0. The number of halogens is 1. The summed E-state index contributed by atoms with van der Waals surface area (Å²) < 4.78 is 0. The zero-order valence-corrected chi connectivity index (χ0v) is 10.9. The van der Waals surface area contributed by atoms with Gasteiger partial charge in [-0.1, -0.05) is 19.9 Å². The van der Waals surface area contributed by atoms with E-state index in [0.29, 0.717) is 0 Å². The Morgan fingerprint density at radius 2 is 1.73 bits per heavy atom. The van der Waals surface area contributed by atoms with E-state index in [2.05, 4.69) is 0 Å². The monoisotopic (exact) mass is 275 g/mol. The number of hydrogen-bond acceptors (Lipinski definition) is 3. The lowest BCUT2D eigenvalue weighted by molar-refractivity contribution is 0.395. The lowest BCUT2D eigenvalue weighted by atomic mass is 9.79. The lowest BCUT2D eigenvalue weighted by Crippen LogP contribution is -2.38. The Labute approximate surface area is 101 Å². The van der Waals surface area contributed by atoms with Crippen molar-refractivity contribution < 1.29 is 10.2 Å². The minimum Gasteiger partial charge on any atom is -0.504 e. The molecule has 0 aliphatic rings. The molecule has 1 rings (SSSR count). The third-order valence-corrected chi connectivity index (χ3v) is 2.86. The molecule has 0 aromatic heterocycles. The summed E-state index contributed by atoms with van der Waals surface area (Å²) in [6.45, 7) is 5.93. The highest BCUT2D eigenvalue weighted by Crippen LogP contribution is 2.32. The van der Waals surface area contributed by atoms with Gasteiger partial charge in [-0.25, -0.2) is 0 Å². The summed E-state index contributed by atoms with van der Waals surface area (Å²) in [5.74, 6) is -0.203. The molecule has 0 aliphatic carbocycles. The van der Waals surface area contributed by atoms with Crippen molar-refractivity contribution in [2.75, 3.05) is 0 Å². The molecule has 1 atom stereocenters. The highest BCUT2D eigenvalue weighted by atomic mass is 79.9. The molecule has 15 heavy (non-hydrogen) atoms. The number of hydrogen-bond donors (Lipinski definition) is 3. The fourth-order valence-corrected chi connectivity index (χ4v) is 1.19. The van der Waals surface area contributed by atoms with E-state index in [1.165, 1.54) is 6.07 Å². The van der Waals surface area contributed by atoms with E-state index in [0.717, 1.165) is 5.56 Å². The molecule has 0 saturated carbocycles. The highest BCUT2D eigenvalue weighted by Gasteiger charge is 2.25. The van der Waals surface area contributed by atoms with Crippen molar-refractivity contribution in [1.82, 2.24) is 0 Å². The van der Waals surface area contributed by atoms with Gasteiger partial charge in [0.2, 0.25) is 0 Å². The molecule has 0 bridgehead atoms. The molecule has 0 amide bonds. The molecule has 86 valence electrons. The maximum atomic E-state index is 9.35. The van der Waals surface area contributed by atoms with Crippen molar-refractivity contribution in [3.05, 3.63) is 23.8 Å². The van der Waals surface area contributed by atoms with Gasteiger partial charge in [-0.15, -0.1) is 17.0 Å². The van der Waals surface area contributed by atoms with Crippen molar-refractivity contribution in [3.8, 4) is 11.5 Å². The average Bonchev–Trinajstić information content (AvgIpc) is 2.09. The van der Waals surface area contributed by atoms with Crippen LogP contribution in [-0.2, 0) is 5.41 Å². The van der Waals surface area contributed by atoms with Gasteiger partial charge >= 0.3 is 0 Å². The van der Waals surface area contributed by atoms with Gasteiger partial charge in [0.1, 0.15) is 0 Å². The lowest BCUT2D eigenvalue weighted by Gasteiger charge is -2.29. The Hall–Kier alpha value is -0.740. The molecule has 0 spiro atoms. The van der Waals surface area contributed by atoms with Gasteiger partial charge in [0.15, 0.2) is 11.5 Å². The highest BCUT2D eigenvalue weighted by molar-refractivity contribution is 8.93. The van der Waals surface area contributed by atoms with Crippen LogP contribution in [0.25, 0.3) is 0 Å². The van der Waals surface area contributed by atoms with E-state index in [1.54, 1.807) is 12.1 Å². The maximum Gasteiger partial charge on any atom is 0.157 e. The fraction of sp³-hybridized carbons (Fsp3) is 0.455. The maximum absolute atomic E-state index is 9.35. The van der Waals surface area contributed by atoms with Crippen LogP contribution in [0.2, 0.25) is 0 Å². The van der Waals surface area contributed by atoms with Gasteiger partial charge in [0, 0.05) is 11.5 Å². The number of aromatic hydroxyl groups is 2. The second kappa shape index (κ2) is 4.86. The first-order chi connectivity index (χ1) is 6.35. The van der Waals surface area contributed by atoms with E-state index >= 15 is 0 Å². The van der Waals surface area contributed by atoms with Crippen LogP contribution in [-0.4, -0.2) is 16.3 Å². The molecule has 0 saturated heterocycles. The van der Waals surface area contributed by atoms with Crippen LogP contribution in [0.1, 0.15) is 26.3 Å². The third kappa shape index (κ3) is 2.86. The van der Waals surface area contributed by atoms with Crippen LogP contribution >= 0.6 is 17.0 Å². The molecule has 0 aliphatic heterocycles. The van der Waals surface area contributed by atoms with Crippen LogP contribution in [0.3, 0.4) is 0 Å². The number of rotatable bonds is 2. The molecule has 4 heteroatoms. The molecule has 1 aromatic carbocycles. The standard InChI is InChI=1S/C11H17NO2.BrH/c1-7(12)11(2,3)8-4-5-9(13)10(14)6-8;/h4-7,13-14H,12H2,1-3H3;1H. The zero-order chi connectivity index (χ0) is 10.9. The first kappa shape index (κ1) is 14.3. The first-order valence-corrected chi connectivity index (χ1v) is 4.63. The minimum absolute atomic E-state index is 0. The van der Waals surface area contributed by atoms with Gasteiger partial charge in [0.05, 0.1) is 0 Å². The van der Waals surface area contributed by atoms with Crippen molar-refractivity contribution in [3.63, 3.8) is 0 Å². The Morgan fingerprint density at radius 3 is 2.13 bits per heavy atom. The van der Waals surface area contributed by atoms with Crippen LogP contribution < -0.4 is 5.73 Å². The Morgan fingerprint density at radius 1 is 1.20 bits per heavy atom. The SMILES string of the molecule is Br.CC(N)C(C)(C)c1ccc(O)c(O)c1. The summed E-state index contributed by atoms with van der Waals surface area (Å²) >= 11 is 0. The van der Waals surface area contributed by atoms with Gasteiger partial charge in [-0.2, -0.15) is 0 Å². The second-order valence-corrected chi connectivity index (χ2v) is 4.21. The smallest absolute Gasteiger partial charge is 0.157 e. The summed E-state index contributed by atoms with van der Waals surface area (Å²) in [6, 6.07) is 4.79. The number of nitrogens with two attached hydrogens (primary N) is 1. The van der Waals surface area contributed by atoms with Gasteiger partial charge in [-0.3, -0.25) is 0 Å². The topological polar surface area (TPSA) is 66.5 Å². The molecular formula is C11H18BrNO2. The van der Waals surface area contributed by atoms with E-state index in [9.17, 15) is 5.11 Å². The van der Waals surface area contributed by atoms with Gasteiger partial charge in [-0.05, 0) is 24.6 Å². The van der Waals surface area contributed by atoms with E-state index in [4.69, 9.17) is 10.8 Å². The molecule has 0 fully saturated rings. The average molecular weight is 276 g/mol. The van der Waals surface area contributed by atoms with Crippen molar-refractivity contribution in [2.45, 2.75) is 32.2 Å². The fourth-order valence-electron chi connectivity index (χ4n) is 1.19. The van der Waals surface area contributed by atoms with Gasteiger partial charge < -0.3 is 15.9 Å². The number of phenolic OH excluding ortho intramolecular Hbond substituents is 2. The summed E-state index contributed by atoms with van der Waals surface area (Å²) in [6.07, 6.45) is 0. The Kier molecular flexibility index (Phi) is 4.62. The van der Waals surface area contributed by atoms with Crippen LogP contribution in [0.4, 0.5) is 0 Å². The largest absolute Gasteiger partial charge is 0.504 e. The molecule has 3 nitrogen and oxygen atoms in total. The van der Waals surface area contributed by atoms with Gasteiger partial charge in [0.25, 0.3) is 0 Å². The Balaban J connectivity index is 0.00000196. The van der Waals surface area contributed by atoms with Crippen LogP contribution in [0, 0.1) is 0 Å². The first-order valence-electron chi connectivity index (χ1n) is 4.63. The second-order valence-electron chi connectivity index (χ2n) is 4.21. The van der Waals surface area contributed by atoms with E-state index < -0.39 is 0 Å². The quantitative estimate of drug-likeness (QED) is 0.726. The van der Waals surface area contributed by atoms with E-state index in [1.807, 2.05) is 20.8 Å². The predicted octanol–water partition coefficient (Wildman–Crippen LogP) is 2.30. The number of benzene rings is 1. The number of phenols is 2. The molecule has 0 heterocycles. The predicted molar refractivity (Wildman–Crippen MR) is 66.8 cm³/mol. The summed E-state index contributed by atoms with van der Waals surface area (Å²) in [5.41, 5.74) is 6.55. The molecule has 1 aromatic rings. The third-order valence-electron chi connectivity index (χ3n) is 2.86. The summed E-state index contributed by atoms with van der Waals surface area (Å²) in [7, 11) is 0.